The number of benzene rings is 1. The maximum atomic E-state index is 5.92. The molecule has 3 aromatic rings. The Morgan fingerprint density at radius 1 is 1.08 bits per heavy atom. The first-order valence-corrected chi connectivity index (χ1v) is 8.79. The van der Waals surface area contributed by atoms with Gasteiger partial charge in [-0.05, 0) is 26.1 Å². The lowest BCUT2D eigenvalue weighted by atomic mass is 10.2. The van der Waals surface area contributed by atoms with Gasteiger partial charge in [-0.15, -0.1) is 20.4 Å². The van der Waals surface area contributed by atoms with Crippen molar-refractivity contribution in [3.8, 4) is 5.69 Å². The van der Waals surface area contributed by atoms with Crippen molar-refractivity contribution < 1.29 is 9.15 Å². The highest BCUT2D eigenvalue weighted by molar-refractivity contribution is 5.32. The van der Waals surface area contributed by atoms with E-state index in [1.54, 1.807) is 6.33 Å². The predicted molar refractivity (Wildman–Crippen MR) is 93.9 cm³/mol. The van der Waals surface area contributed by atoms with Crippen molar-refractivity contribution in [2.45, 2.75) is 32.0 Å². The molecule has 8 nitrogen and oxygen atoms in total. The van der Waals surface area contributed by atoms with Crippen LogP contribution < -0.4 is 0 Å². The van der Waals surface area contributed by atoms with Crippen LogP contribution in [-0.4, -0.2) is 56.1 Å². The van der Waals surface area contributed by atoms with E-state index in [0.717, 1.165) is 24.6 Å². The molecule has 1 aliphatic heterocycles. The van der Waals surface area contributed by atoms with Crippen LogP contribution in [0.5, 0.6) is 0 Å². The van der Waals surface area contributed by atoms with Crippen LogP contribution in [0.15, 0.2) is 41.1 Å². The van der Waals surface area contributed by atoms with Crippen LogP contribution in [0.3, 0.4) is 0 Å². The fraction of sp³-hybridized carbons (Fsp3) is 0.444. The highest BCUT2D eigenvalue weighted by Gasteiger charge is 2.28. The van der Waals surface area contributed by atoms with Gasteiger partial charge >= 0.3 is 0 Å². The standard InChI is InChI=1S/C18H22N6O2/c1-13-10-23(2)11-15(25-13)18-22-21-17(26-18)9-8-16-20-19-12-24(16)14-6-4-3-5-7-14/h3-7,12-13,15H,8-11H2,1-2H3/t13-,15-/m1/s1. The summed E-state index contributed by atoms with van der Waals surface area (Å²) < 4.78 is 13.7. The van der Waals surface area contributed by atoms with Gasteiger partial charge in [0.2, 0.25) is 11.8 Å². The third kappa shape index (κ3) is 3.66. The molecule has 0 unspecified atom stereocenters. The van der Waals surface area contributed by atoms with Gasteiger partial charge < -0.3 is 14.1 Å². The smallest absolute Gasteiger partial charge is 0.246 e. The second-order valence-corrected chi connectivity index (χ2v) is 6.64. The molecule has 1 fully saturated rings. The van der Waals surface area contributed by atoms with Gasteiger partial charge in [0.1, 0.15) is 18.3 Å². The van der Waals surface area contributed by atoms with Gasteiger partial charge in [0.25, 0.3) is 0 Å². The molecule has 8 heteroatoms. The summed E-state index contributed by atoms with van der Waals surface area (Å²) in [5.41, 5.74) is 1.03. The normalized spacial score (nSPS) is 21.2. The fourth-order valence-corrected chi connectivity index (χ4v) is 3.25. The molecule has 0 N–H and O–H groups in total. The van der Waals surface area contributed by atoms with Crippen molar-refractivity contribution in [3.05, 3.63) is 54.3 Å². The lowest BCUT2D eigenvalue weighted by Gasteiger charge is -2.32. The maximum Gasteiger partial charge on any atom is 0.246 e. The van der Waals surface area contributed by atoms with Crippen LogP contribution in [0.1, 0.15) is 30.6 Å². The van der Waals surface area contributed by atoms with E-state index in [-0.39, 0.29) is 12.2 Å². The molecule has 1 aromatic carbocycles. The zero-order chi connectivity index (χ0) is 17.9. The molecule has 0 spiro atoms. The molecule has 0 aliphatic carbocycles. The van der Waals surface area contributed by atoms with Gasteiger partial charge in [-0.2, -0.15) is 0 Å². The third-order valence-corrected chi connectivity index (χ3v) is 4.42. The van der Waals surface area contributed by atoms with E-state index in [1.807, 2.05) is 34.9 Å². The van der Waals surface area contributed by atoms with Gasteiger partial charge in [-0.25, -0.2) is 0 Å². The Labute approximate surface area is 151 Å². The summed E-state index contributed by atoms with van der Waals surface area (Å²) in [5.74, 6) is 1.99. The first-order valence-electron chi connectivity index (χ1n) is 8.79. The summed E-state index contributed by atoms with van der Waals surface area (Å²) in [6.07, 6.45) is 2.97. The topological polar surface area (TPSA) is 82.1 Å². The minimum Gasteiger partial charge on any atom is -0.422 e. The summed E-state index contributed by atoms with van der Waals surface area (Å²) in [6.45, 7) is 3.72. The Morgan fingerprint density at radius 3 is 2.73 bits per heavy atom. The summed E-state index contributed by atoms with van der Waals surface area (Å²) in [5, 5.41) is 16.6. The van der Waals surface area contributed by atoms with E-state index in [1.165, 1.54) is 0 Å². The molecule has 1 saturated heterocycles. The Morgan fingerprint density at radius 2 is 1.92 bits per heavy atom. The molecule has 0 amide bonds. The van der Waals surface area contributed by atoms with Gasteiger partial charge in [0.15, 0.2) is 0 Å². The summed E-state index contributed by atoms with van der Waals surface area (Å²) in [7, 11) is 2.07. The summed E-state index contributed by atoms with van der Waals surface area (Å²) in [6, 6.07) is 10.0. The Balaban J connectivity index is 1.42. The lowest BCUT2D eigenvalue weighted by Crippen LogP contribution is -2.40. The van der Waals surface area contributed by atoms with Gasteiger partial charge in [0.05, 0.1) is 6.10 Å². The van der Waals surface area contributed by atoms with Gasteiger partial charge in [-0.1, -0.05) is 18.2 Å². The Bertz CT molecular complexity index is 836. The van der Waals surface area contributed by atoms with Gasteiger partial charge in [0, 0.05) is 31.6 Å². The molecule has 0 bridgehead atoms. The maximum absolute atomic E-state index is 5.92. The van der Waals surface area contributed by atoms with E-state index in [0.29, 0.717) is 24.6 Å². The molecule has 3 heterocycles. The zero-order valence-electron chi connectivity index (χ0n) is 14.9. The number of likely N-dealkylation sites (N-methyl/N-ethyl adjacent to an activating group) is 1. The highest BCUT2D eigenvalue weighted by Crippen LogP contribution is 2.23. The minimum atomic E-state index is -0.169. The zero-order valence-corrected chi connectivity index (χ0v) is 14.9. The Hall–Kier alpha value is -2.58. The monoisotopic (exact) mass is 354 g/mol. The second kappa shape index (κ2) is 7.35. The third-order valence-electron chi connectivity index (χ3n) is 4.42. The quantitative estimate of drug-likeness (QED) is 0.691. The molecule has 1 aliphatic rings. The number of hydrogen-bond donors (Lipinski definition) is 0. The van der Waals surface area contributed by atoms with Crippen LogP contribution in [0.25, 0.3) is 5.69 Å². The molecular weight excluding hydrogens is 332 g/mol. The number of aromatic nitrogens is 5. The predicted octanol–water partition coefficient (Wildman–Crippen LogP) is 1.83. The van der Waals surface area contributed by atoms with Crippen LogP contribution in [0.2, 0.25) is 0 Å². The van der Waals surface area contributed by atoms with E-state index in [2.05, 4.69) is 39.3 Å². The highest BCUT2D eigenvalue weighted by atomic mass is 16.5. The lowest BCUT2D eigenvalue weighted by molar-refractivity contribution is -0.0825. The van der Waals surface area contributed by atoms with E-state index >= 15 is 0 Å². The van der Waals surface area contributed by atoms with Crippen molar-refractivity contribution in [2.24, 2.45) is 0 Å². The molecule has 26 heavy (non-hydrogen) atoms. The molecule has 0 radical (unpaired) electrons. The largest absolute Gasteiger partial charge is 0.422 e. The number of hydrogen-bond acceptors (Lipinski definition) is 7. The molecule has 2 aromatic heterocycles. The fourth-order valence-electron chi connectivity index (χ4n) is 3.25. The minimum absolute atomic E-state index is 0.151. The molecule has 136 valence electrons. The SMILES string of the molecule is C[C@@H]1CN(C)C[C@H](c2nnc(CCc3nncn3-c3ccccc3)o2)O1. The van der Waals surface area contributed by atoms with Crippen LogP contribution in [0, 0.1) is 0 Å². The van der Waals surface area contributed by atoms with Crippen LogP contribution >= 0.6 is 0 Å². The number of rotatable bonds is 5. The van der Waals surface area contributed by atoms with Crippen molar-refractivity contribution in [2.75, 3.05) is 20.1 Å². The van der Waals surface area contributed by atoms with Crippen molar-refractivity contribution in [1.29, 1.82) is 0 Å². The second-order valence-electron chi connectivity index (χ2n) is 6.64. The molecule has 2 atom stereocenters. The van der Waals surface area contributed by atoms with Crippen molar-refractivity contribution in [1.82, 2.24) is 29.9 Å². The molecule has 0 saturated carbocycles. The average Bonchev–Trinajstić information content (AvgIpc) is 3.29. The molecule has 4 rings (SSSR count). The first-order chi connectivity index (χ1) is 12.7. The average molecular weight is 354 g/mol. The number of para-hydroxylation sites is 1. The molecular formula is C18H22N6O2. The first kappa shape index (κ1) is 16.9. The summed E-state index contributed by atoms with van der Waals surface area (Å²) in [4.78, 5) is 2.21. The van der Waals surface area contributed by atoms with E-state index < -0.39 is 0 Å². The summed E-state index contributed by atoms with van der Waals surface area (Å²) >= 11 is 0. The van der Waals surface area contributed by atoms with E-state index in [9.17, 15) is 0 Å². The number of nitrogens with zero attached hydrogens (tertiary/aromatic N) is 6. The van der Waals surface area contributed by atoms with Gasteiger partial charge in [-0.3, -0.25) is 4.57 Å². The van der Waals surface area contributed by atoms with Crippen molar-refractivity contribution >= 4 is 0 Å². The number of morpholine rings is 1. The van der Waals surface area contributed by atoms with Crippen LogP contribution in [0.4, 0.5) is 0 Å². The van der Waals surface area contributed by atoms with Crippen LogP contribution in [-0.2, 0) is 17.6 Å². The number of aryl methyl sites for hydroxylation is 2. The number of ether oxygens (including phenoxy) is 1. The van der Waals surface area contributed by atoms with E-state index in [4.69, 9.17) is 9.15 Å². The Kier molecular flexibility index (Phi) is 4.77. The van der Waals surface area contributed by atoms with Crippen molar-refractivity contribution in [3.63, 3.8) is 0 Å².